The van der Waals surface area contributed by atoms with Crippen molar-refractivity contribution < 1.29 is 42.9 Å². The number of quaternary nitrogens is 1. The zero-order chi connectivity index (χ0) is 39.3. The molecule has 0 aromatic rings. The van der Waals surface area contributed by atoms with Crippen LogP contribution in [0, 0.1) is 0 Å². The van der Waals surface area contributed by atoms with Crippen molar-refractivity contribution in [3.05, 3.63) is 36.5 Å². The molecule has 2 atom stereocenters. The molecular formula is C44H80NO8+. The van der Waals surface area contributed by atoms with Crippen LogP contribution in [0.25, 0.3) is 0 Å². The topological polar surface area (TPSA) is 108 Å². The molecule has 2 unspecified atom stereocenters. The first-order valence-corrected chi connectivity index (χ1v) is 21.2. The third-order valence-corrected chi connectivity index (χ3v) is 8.90. The number of nitrogens with zero attached hydrogens (tertiary/aromatic N) is 1. The third-order valence-electron chi connectivity index (χ3n) is 8.90. The maximum Gasteiger partial charge on any atom is 0.361 e. The maximum atomic E-state index is 12.7. The molecule has 9 heteroatoms. The number of unbranched alkanes of at least 4 members (excludes halogenated alkanes) is 17. The molecule has 0 spiro atoms. The van der Waals surface area contributed by atoms with Crippen molar-refractivity contribution in [3.8, 4) is 0 Å². The molecule has 0 aliphatic heterocycles. The smallest absolute Gasteiger partial charge is 0.361 e. The Bertz CT molecular complexity index is 971. The van der Waals surface area contributed by atoms with E-state index in [-0.39, 0.29) is 32.2 Å². The van der Waals surface area contributed by atoms with Gasteiger partial charge >= 0.3 is 17.9 Å². The monoisotopic (exact) mass is 751 g/mol. The fourth-order valence-corrected chi connectivity index (χ4v) is 5.55. The van der Waals surface area contributed by atoms with Gasteiger partial charge in [-0.05, 0) is 51.4 Å². The van der Waals surface area contributed by atoms with E-state index in [2.05, 4.69) is 50.3 Å². The van der Waals surface area contributed by atoms with Gasteiger partial charge in [0.05, 0.1) is 34.4 Å². The second kappa shape index (κ2) is 36.5. The number of esters is 2. The molecule has 0 radical (unpaired) electrons. The van der Waals surface area contributed by atoms with Gasteiger partial charge in [0, 0.05) is 12.8 Å². The standard InChI is InChI=1S/C44H79NO8/c1-6-8-10-12-14-15-16-17-18-19-20-21-22-23-24-25-26-27-29-31-33-35-42(47)53-40(38-51-41(46)34-32-30-28-13-11-9-7-2)39-52-44(43(48)49)50-37-36-45(3,4)5/h16-17,19-20,22-23,40,44H,6-15,18,21,24-39H2,1-5H3/p+1/b17-16-,20-19-,23-22-. The first kappa shape index (κ1) is 50.5. The normalized spacial score (nSPS) is 13.3. The van der Waals surface area contributed by atoms with Gasteiger partial charge in [0.15, 0.2) is 6.10 Å². The van der Waals surface area contributed by atoms with Crippen LogP contribution in [0.15, 0.2) is 36.5 Å². The van der Waals surface area contributed by atoms with Crippen LogP contribution in [-0.2, 0) is 33.3 Å². The first-order valence-electron chi connectivity index (χ1n) is 21.2. The van der Waals surface area contributed by atoms with Crippen molar-refractivity contribution in [3.63, 3.8) is 0 Å². The summed E-state index contributed by atoms with van der Waals surface area (Å²) < 4.78 is 22.6. The molecule has 0 saturated carbocycles. The Balaban J connectivity index is 4.38. The summed E-state index contributed by atoms with van der Waals surface area (Å²) in [4.78, 5) is 36.8. The van der Waals surface area contributed by atoms with Crippen LogP contribution in [0.4, 0.5) is 0 Å². The van der Waals surface area contributed by atoms with Crippen molar-refractivity contribution in [2.45, 2.75) is 180 Å². The van der Waals surface area contributed by atoms with E-state index in [0.717, 1.165) is 57.8 Å². The lowest BCUT2D eigenvalue weighted by atomic mass is 10.1. The predicted molar refractivity (Wildman–Crippen MR) is 217 cm³/mol. The van der Waals surface area contributed by atoms with Crippen molar-refractivity contribution in [2.24, 2.45) is 0 Å². The molecule has 0 aromatic heterocycles. The molecule has 308 valence electrons. The van der Waals surface area contributed by atoms with E-state index in [1.165, 1.54) is 77.0 Å². The zero-order valence-corrected chi connectivity index (χ0v) is 34.7. The molecule has 0 aliphatic carbocycles. The van der Waals surface area contributed by atoms with Crippen LogP contribution in [0.1, 0.15) is 168 Å². The molecule has 0 aliphatic rings. The summed E-state index contributed by atoms with van der Waals surface area (Å²) >= 11 is 0. The average molecular weight is 751 g/mol. The van der Waals surface area contributed by atoms with Crippen molar-refractivity contribution >= 4 is 17.9 Å². The molecule has 9 nitrogen and oxygen atoms in total. The summed E-state index contributed by atoms with van der Waals surface area (Å²) in [5.74, 6) is -2.03. The minimum atomic E-state index is -1.51. The van der Waals surface area contributed by atoms with Crippen molar-refractivity contribution in [2.75, 3.05) is 47.5 Å². The van der Waals surface area contributed by atoms with Crippen LogP contribution in [0.3, 0.4) is 0 Å². The maximum absolute atomic E-state index is 12.7. The van der Waals surface area contributed by atoms with E-state index in [0.29, 0.717) is 23.9 Å². The molecule has 0 aromatic carbocycles. The highest BCUT2D eigenvalue weighted by atomic mass is 16.7. The Hall–Kier alpha value is -2.49. The number of allylic oxidation sites excluding steroid dienone is 6. The van der Waals surface area contributed by atoms with Gasteiger partial charge in [-0.25, -0.2) is 4.79 Å². The summed E-state index contributed by atoms with van der Waals surface area (Å²) in [6, 6.07) is 0. The number of hydrogen-bond acceptors (Lipinski definition) is 7. The van der Waals surface area contributed by atoms with E-state index in [9.17, 15) is 19.5 Å². The van der Waals surface area contributed by atoms with Gasteiger partial charge in [-0.2, -0.15) is 0 Å². The van der Waals surface area contributed by atoms with Crippen LogP contribution in [0.5, 0.6) is 0 Å². The number of carbonyl (C=O) groups is 3. The SMILES string of the molecule is CCCCCCC/C=C\C/C=C\C/C=C\CCCCCCCCC(=O)OC(COC(=O)CCCCCCCCC)COC(OCC[N+](C)(C)C)C(=O)O. The minimum absolute atomic E-state index is 0.185. The number of rotatable bonds is 38. The fraction of sp³-hybridized carbons (Fsp3) is 0.795. The van der Waals surface area contributed by atoms with E-state index in [1.807, 2.05) is 21.1 Å². The molecule has 53 heavy (non-hydrogen) atoms. The second-order valence-corrected chi connectivity index (χ2v) is 15.3. The van der Waals surface area contributed by atoms with Crippen LogP contribution in [-0.4, -0.2) is 87.4 Å². The fourth-order valence-electron chi connectivity index (χ4n) is 5.55. The van der Waals surface area contributed by atoms with Gasteiger partial charge in [0.1, 0.15) is 13.2 Å². The molecule has 0 amide bonds. The average Bonchev–Trinajstić information content (AvgIpc) is 3.11. The second-order valence-electron chi connectivity index (χ2n) is 15.3. The van der Waals surface area contributed by atoms with Crippen molar-refractivity contribution in [1.82, 2.24) is 0 Å². The van der Waals surface area contributed by atoms with Gasteiger partial charge < -0.3 is 28.5 Å². The Kier molecular flexibility index (Phi) is 34.8. The number of carbonyl (C=O) groups excluding carboxylic acids is 2. The van der Waals surface area contributed by atoms with E-state index in [1.54, 1.807) is 0 Å². The summed E-state index contributed by atoms with van der Waals surface area (Å²) in [6.45, 7) is 4.78. The summed E-state index contributed by atoms with van der Waals surface area (Å²) in [5, 5.41) is 9.58. The Morgan fingerprint density at radius 2 is 1.02 bits per heavy atom. The third kappa shape index (κ3) is 37.6. The molecule has 0 fully saturated rings. The molecule has 0 bridgehead atoms. The minimum Gasteiger partial charge on any atom is -0.477 e. The number of carboxylic acids is 1. The van der Waals surface area contributed by atoms with E-state index >= 15 is 0 Å². The lowest BCUT2D eigenvalue weighted by Gasteiger charge is -2.25. The number of carboxylic acid groups (broad SMARTS) is 1. The van der Waals surface area contributed by atoms with Crippen LogP contribution >= 0.6 is 0 Å². The number of hydrogen-bond donors (Lipinski definition) is 1. The summed E-state index contributed by atoms with van der Waals surface area (Å²) in [7, 11) is 5.94. The largest absolute Gasteiger partial charge is 0.477 e. The van der Waals surface area contributed by atoms with Gasteiger partial charge in [0.2, 0.25) is 0 Å². The Morgan fingerprint density at radius 3 is 1.51 bits per heavy atom. The van der Waals surface area contributed by atoms with Gasteiger partial charge in [-0.1, -0.05) is 140 Å². The lowest BCUT2D eigenvalue weighted by Crippen LogP contribution is -2.40. The zero-order valence-electron chi connectivity index (χ0n) is 34.7. The lowest BCUT2D eigenvalue weighted by molar-refractivity contribution is -0.870. The predicted octanol–water partition coefficient (Wildman–Crippen LogP) is 10.7. The van der Waals surface area contributed by atoms with Crippen LogP contribution < -0.4 is 0 Å². The highest BCUT2D eigenvalue weighted by Gasteiger charge is 2.25. The summed E-state index contributed by atoms with van der Waals surface area (Å²) in [5.41, 5.74) is 0. The number of likely N-dealkylation sites (N-methyl/N-ethyl adjacent to an activating group) is 1. The highest BCUT2D eigenvalue weighted by Crippen LogP contribution is 2.13. The molecule has 0 saturated heterocycles. The summed E-state index contributed by atoms with van der Waals surface area (Å²) in [6.07, 6.45) is 36.5. The molecule has 0 heterocycles. The Labute approximate surface area is 324 Å². The Morgan fingerprint density at radius 1 is 0.566 bits per heavy atom. The number of aliphatic carboxylic acids is 1. The quantitative estimate of drug-likeness (QED) is 0.0218. The van der Waals surface area contributed by atoms with Crippen molar-refractivity contribution in [1.29, 1.82) is 0 Å². The molecular weight excluding hydrogens is 670 g/mol. The molecule has 0 rings (SSSR count). The molecule has 1 N–H and O–H groups in total. The van der Waals surface area contributed by atoms with Crippen LogP contribution in [0.2, 0.25) is 0 Å². The first-order chi connectivity index (χ1) is 25.6. The van der Waals surface area contributed by atoms with Gasteiger partial charge in [0.25, 0.3) is 6.29 Å². The van der Waals surface area contributed by atoms with Gasteiger partial charge in [-0.15, -0.1) is 0 Å². The van der Waals surface area contributed by atoms with E-state index in [4.69, 9.17) is 18.9 Å². The van der Waals surface area contributed by atoms with E-state index < -0.39 is 24.3 Å². The highest BCUT2D eigenvalue weighted by molar-refractivity contribution is 5.71. The van der Waals surface area contributed by atoms with Gasteiger partial charge in [-0.3, -0.25) is 9.59 Å². The number of ether oxygens (including phenoxy) is 4.